The molecule has 0 saturated heterocycles. The summed E-state index contributed by atoms with van der Waals surface area (Å²) in [6.45, 7) is 2.62. The quantitative estimate of drug-likeness (QED) is 0.606. The fourth-order valence-corrected chi connectivity index (χ4v) is 3.77. The summed E-state index contributed by atoms with van der Waals surface area (Å²) < 4.78 is 1.90. The molecule has 132 valence electrons. The zero-order valence-corrected chi connectivity index (χ0v) is 15.3. The van der Waals surface area contributed by atoms with Crippen molar-refractivity contribution in [2.75, 3.05) is 6.54 Å². The molecule has 0 fully saturated rings. The van der Waals surface area contributed by atoms with Gasteiger partial charge in [-0.15, -0.1) is 10.2 Å². The Balaban J connectivity index is 1.52. The lowest BCUT2D eigenvalue weighted by molar-refractivity contribution is -0.120. The molecule has 1 amide bonds. The molecule has 1 aromatic carbocycles. The van der Waals surface area contributed by atoms with Crippen LogP contribution in [-0.4, -0.2) is 32.5 Å². The van der Waals surface area contributed by atoms with Gasteiger partial charge >= 0.3 is 0 Å². The molecular formula is C19H24N4OS. The molecular weight excluding hydrogens is 332 g/mol. The standard InChI is InChI=1S/C19H24N4OS/c1-15(18(24)20-13-12-16-8-4-2-5-9-16)25-19-22-21-14-23(19)17-10-6-3-7-11-17/h3,6-8,10-11,14-15H,2,4-5,9,12-13H2,1H3,(H,20,24). The maximum absolute atomic E-state index is 12.3. The van der Waals surface area contributed by atoms with Crippen LogP contribution < -0.4 is 5.32 Å². The van der Waals surface area contributed by atoms with Crippen molar-refractivity contribution in [3.63, 3.8) is 0 Å². The Labute approximate surface area is 152 Å². The van der Waals surface area contributed by atoms with Gasteiger partial charge in [-0.25, -0.2) is 0 Å². The molecule has 25 heavy (non-hydrogen) atoms. The summed E-state index contributed by atoms with van der Waals surface area (Å²) in [4.78, 5) is 12.3. The van der Waals surface area contributed by atoms with Gasteiger partial charge in [0.2, 0.25) is 5.91 Å². The smallest absolute Gasteiger partial charge is 0.233 e. The lowest BCUT2D eigenvalue weighted by Gasteiger charge is -2.15. The van der Waals surface area contributed by atoms with Crippen molar-refractivity contribution in [1.82, 2.24) is 20.1 Å². The van der Waals surface area contributed by atoms with Crippen LogP contribution in [0.2, 0.25) is 0 Å². The minimum absolute atomic E-state index is 0.0454. The van der Waals surface area contributed by atoms with Gasteiger partial charge in [0.25, 0.3) is 0 Å². The van der Waals surface area contributed by atoms with Crippen molar-refractivity contribution in [1.29, 1.82) is 0 Å². The molecule has 1 N–H and O–H groups in total. The van der Waals surface area contributed by atoms with Gasteiger partial charge < -0.3 is 5.32 Å². The van der Waals surface area contributed by atoms with E-state index >= 15 is 0 Å². The van der Waals surface area contributed by atoms with E-state index in [1.54, 1.807) is 6.33 Å². The number of nitrogens with zero attached hydrogens (tertiary/aromatic N) is 3. The fourth-order valence-electron chi connectivity index (χ4n) is 2.90. The van der Waals surface area contributed by atoms with E-state index in [0.717, 1.165) is 17.3 Å². The molecule has 0 aliphatic heterocycles. The van der Waals surface area contributed by atoms with Crippen molar-refractivity contribution < 1.29 is 4.79 Å². The first-order chi connectivity index (χ1) is 12.2. The summed E-state index contributed by atoms with van der Waals surface area (Å²) in [5, 5.41) is 11.7. The Bertz CT molecular complexity index is 726. The van der Waals surface area contributed by atoms with Crippen LogP contribution >= 0.6 is 11.8 Å². The number of hydrogen-bond donors (Lipinski definition) is 1. The Hall–Kier alpha value is -2.08. The minimum atomic E-state index is -0.216. The number of para-hydroxylation sites is 1. The van der Waals surface area contributed by atoms with E-state index in [9.17, 15) is 4.79 Å². The van der Waals surface area contributed by atoms with Crippen LogP contribution in [0.15, 0.2) is 53.5 Å². The van der Waals surface area contributed by atoms with Gasteiger partial charge in [-0.2, -0.15) is 0 Å². The third-order valence-electron chi connectivity index (χ3n) is 4.33. The number of allylic oxidation sites excluding steroid dienone is 1. The van der Waals surface area contributed by atoms with E-state index in [1.807, 2.05) is 41.8 Å². The number of rotatable bonds is 7. The molecule has 1 aromatic heterocycles. The third kappa shape index (κ3) is 4.95. The third-order valence-corrected chi connectivity index (χ3v) is 5.39. The number of carbonyl (C=O) groups is 1. The maximum atomic E-state index is 12.3. The van der Waals surface area contributed by atoms with Crippen molar-refractivity contribution in [3.05, 3.63) is 48.3 Å². The molecule has 0 radical (unpaired) electrons. The van der Waals surface area contributed by atoms with Crippen LogP contribution in [0.1, 0.15) is 39.0 Å². The summed E-state index contributed by atoms with van der Waals surface area (Å²) in [6, 6.07) is 9.91. The SMILES string of the molecule is CC(Sc1nncn1-c1ccccc1)C(=O)NCCC1=CCCCC1. The Kier molecular flexibility index (Phi) is 6.28. The number of nitrogens with one attached hydrogen (secondary N) is 1. The molecule has 2 aromatic rings. The van der Waals surface area contributed by atoms with Crippen molar-refractivity contribution >= 4 is 17.7 Å². The summed E-state index contributed by atoms with van der Waals surface area (Å²) in [5.74, 6) is 0.0454. The molecule has 6 heteroatoms. The van der Waals surface area contributed by atoms with Crippen LogP contribution in [-0.2, 0) is 4.79 Å². The number of hydrogen-bond acceptors (Lipinski definition) is 4. The highest BCUT2D eigenvalue weighted by molar-refractivity contribution is 8.00. The van der Waals surface area contributed by atoms with Crippen LogP contribution in [0.4, 0.5) is 0 Å². The summed E-state index contributed by atoms with van der Waals surface area (Å²) in [7, 11) is 0. The lowest BCUT2D eigenvalue weighted by Crippen LogP contribution is -2.32. The predicted octanol–water partition coefficient (Wildman–Crippen LogP) is 3.75. The second-order valence-electron chi connectivity index (χ2n) is 6.23. The fraction of sp³-hybridized carbons (Fsp3) is 0.421. The Morgan fingerprint density at radius 2 is 2.16 bits per heavy atom. The Morgan fingerprint density at radius 1 is 1.32 bits per heavy atom. The lowest BCUT2D eigenvalue weighted by atomic mass is 9.97. The number of thioether (sulfide) groups is 1. The number of aromatic nitrogens is 3. The van der Waals surface area contributed by atoms with Gasteiger partial charge in [0.15, 0.2) is 5.16 Å². The first-order valence-corrected chi connectivity index (χ1v) is 9.70. The number of carbonyl (C=O) groups excluding carboxylic acids is 1. The summed E-state index contributed by atoms with van der Waals surface area (Å²) in [6.07, 6.45) is 9.91. The molecule has 5 nitrogen and oxygen atoms in total. The van der Waals surface area contributed by atoms with E-state index in [4.69, 9.17) is 0 Å². The van der Waals surface area contributed by atoms with Crippen LogP contribution in [0.3, 0.4) is 0 Å². The van der Waals surface area contributed by atoms with Crippen LogP contribution in [0.25, 0.3) is 5.69 Å². The van der Waals surface area contributed by atoms with Crippen molar-refractivity contribution in [2.45, 2.75) is 49.4 Å². The average molecular weight is 356 g/mol. The van der Waals surface area contributed by atoms with Gasteiger partial charge in [0, 0.05) is 12.2 Å². The monoisotopic (exact) mass is 356 g/mol. The van der Waals surface area contributed by atoms with Gasteiger partial charge in [-0.05, 0) is 51.2 Å². The van der Waals surface area contributed by atoms with Crippen LogP contribution in [0, 0.1) is 0 Å². The average Bonchev–Trinajstić information content (AvgIpc) is 3.11. The number of amides is 1. The highest BCUT2D eigenvalue weighted by Crippen LogP contribution is 2.24. The van der Waals surface area contributed by atoms with Gasteiger partial charge in [-0.3, -0.25) is 9.36 Å². The number of benzene rings is 1. The predicted molar refractivity (Wildman–Crippen MR) is 101 cm³/mol. The van der Waals surface area contributed by atoms with Crippen molar-refractivity contribution in [3.8, 4) is 5.69 Å². The molecule has 3 rings (SSSR count). The zero-order chi connectivity index (χ0) is 17.5. The van der Waals surface area contributed by atoms with E-state index in [2.05, 4.69) is 21.6 Å². The van der Waals surface area contributed by atoms with E-state index < -0.39 is 0 Å². The molecule has 1 atom stereocenters. The maximum Gasteiger partial charge on any atom is 0.233 e. The van der Waals surface area contributed by atoms with Gasteiger partial charge in [0.1, 0.15) is 6.33 Å². The van der Waals surface area contributed by atoms with E-state index in [1.165, 1.54) is 43.0 Å². The zero-order valence-electron chi connectivity index (χ0n) is 14.5. The van der Waals surface area contributed by atoms with Crippen LogP contribution in [0.5, 0.6) is 0 Å². The van der Waals surface area contributed by atoms with E-state index in [-0.39, 0.29) is 11.2 Å². The van der Waals surface area contributed by atoms with Crippen molar-refractivity contribution in [2.24, 2.45) is 0 Å². The summed E-state index contributed by atoms with van der Waals surface area (Å²) >= 11 is 1.43. The molecule has 1 aliphatic carbocycles. The highest BCUT2D eigenvalue weighted by atomic mass is 32.2. The highest BCUT2D eigenvalue weighted by Gasteiger charge is 2.18. The molecule has 1 heterocycles. The normalized spacial score (nSPS) is 15.5. The molecule has 0 saturated carbocycles. The minimum Gasteiger partial charge on any atom is -0.355 e. The molecule has 0 spiro atoms. The second kappa shape index (κ2) is 8.85. The molecule has 1 aliphatic rings. The first-order valence-electron chi connectivity index (χ1n) is 8.82. The molecule has 0 bridgehead atoms. The first kappa shape index (κ1) is 17.7. The van der Waals surface area contributed by atoms with Gasteiger partial charge in [0.05, 0.1) is 5.25 Å². The molecule has 1 unspecified atom stereocenters. The summed E-state index contributed by atoms with van der Waals surface area (Å²) in [5.41, 5.74) is 2.47. The van der Waals surface area contributed by atoms with E-state index in [0.29, 0.717) is 6.54 Å². The topological polar surface area (TPSA) is 59.8 Å². The Morgan fingerprint density at radius 3 is 2.92 bits per heavy atom. The van der Waals surface area contributed by atoms with Gasteiger partial charge in [-0.1, -0.05) is 41.6 Å². The second-order valence-corrected chi connectivity index (χ2v) is 7.54. The largest absolute Gasteiger partial charge is 0.355 e.